The van der Waals surface area contributed by atoms with Crippen molar-refractivity contribution < 1.29 is 18.0 Å². The van der Waals surface area contributed by atoms with Gasteiger partial charge in [-0.15, -0.1) is 0 Å². The average Bonchev–Trinajstić information content (AvgIpc) is 2.64. The van der Waals surface area contributed by atoms with E-state index in [2.05, 4.69) is 20.6 Å². The number of rotatable bonds is 4. The standard InChI is InChI=1S/C19H15F3N4O/c1-12-4-2-3-5-15(12)26-18(27)16-10-24-17(11-23-16)25-14-8-6-13(7-9-14)19(20,21)22/h2-11H,1H3,(H,24,25)(H,26,27). The number of benzene rings is 2. The average molecular weight is 372 g/mol. The molecule has 0 spiro atoms. The zero-order valence-corrected chi connectivity index (χ0v) is 14.2. The molecule has 3 rings (SSSR count). The molecule has 1 amide bonds. The van der Waals surface area contributed by atoms with Gasteiger partial charge in [-0.2, -0.15) is 13.2 Å². The van der Waals surface area contributed by atoms with Crippen LogP contribution in [0, 0.1) is 6.92 Å². The van der Waals surface area contributed by atoms with Gasteiger partial charge < -0.3 is 10.6 Å². The minimum atomic E-state index is -4.38. The number of hydrogen-bond acceptors (Lipinski definition) is 4. The van der Waals surface area contributed by atoms with Gasteiger partial charge >= 0.3 is 6.18 Å². The topological polar surface area (TPSA) is 66.9 Å². The van der Waals surface area contributed by atoms with Gasteiger partial charge in [-0.25, -0.2) is 9.97 Å². The molecule has 0 fully saturated rings. The molecular formula is C19H15F3N4O. The summed E-state index contributed by atoms with van der Waals surface area (Å²) in [5.74, 6) is -0.0971. The van der Waals surface area contributed by atoms with E-state index in [1.165, 1.54) is 24.5 Å². The Morgan fingerprint density at radius 1 is 0.963 bits per heavy atom. The van der Waals surface area contributed by atoms with Crippen LogP contribution in [-0.4, -0.2) is 15.9 Å². The monoisotopic (exact) mass is 372 g/mol. The molecule has 0 saturated heterocycles. The lowest BCUT2D eigenvalue weighted by atomic mass is 10.2. The number of anilines is 3. The molecule has 8 heteroatoms. The third kappa shape index (κ3) is 4.60. The van der Waals surface area contributed by atoms with E-state index in [4.69, 9.17) is 0 Å². The summed E-state index contributed by atoms with van der Waals surface area (Å²) >= 11 is 0. The number of amides is 1. The number of hydrogen-bond donors (Lipinski definition) is 2. The van der Waals surface area contributed by atoms with E-state index in [1.807, 2.05) is 25.1 Å². The number of carbonyl (C=O) groups is 1. The summed E-state index contributed by atoms with van der Waals surface area (Å²) < 4.78 is 37.7. The first-order valence-corrected chi connectivity index (χ1v) is 7.96. The molecule has 0 unspecified atom stereocenters. The SMILES string of the molecule is Cc1ccccc1NC(=O)c1cnc(Nc2ccc(C(F)(F)F)cc2)cn1. The predicted octanol–water partition coefficient (Wildman–Crippen LogP) is 4.80. The highest BCUT2D eigenvalue weighted by atomic mass is 19.4. The maximum atomic E-state index is 12.6. The molecule has 0 saturated carbocycles. The van der Waals surface area contributed by atoms with Crippen LogP contribution in [0.15, 0.2) is 60.9 Å². The molecule has 0 radical (unpaired) electrons. The van der Waals surface area contributed by atoms with Gasteiger partial charge in [-0.3, -0.25) is 4.79 Å². The van der Waals surface area contributed by atoms with Crippen molar-refractivity contribution in [2.75, 3.05) is 10.6 Å². The number of para-hydroxylation sites is 1. The van der Waals surface area contributed by atoms with Crippen LogP contribution < -0.4 is 10.6 Å². The number of alkyl halides is 3. The predicted molar refractivity (Wildman–Crippen MR) is 95.9 cm³/mol. The van der Waals surface area contributed by atoms with Crippen molar-refractivity contribution >= 4 is 23.1 Å². The highest BCUT2D eigenvalue weighted by Crippen LogP contribution is 2.30. The molecule has 1 aromatic heterocycles. The van der Waals surface area contributed by atoms with Crippen molar-refractivity contribution in [2.24, 2.45) is 0 Å². The summed E-state index contributed by atoms with van der Waals surface area (Å²) in [5.41, 5.74) is 1.41. The summed E-state index contributed by atoms with van der Waals surface area (Å²) in [4.78, 5) is 20.3. The van der Waals surface area contributed by atoms with Gasteiger partial charge in [0.25, 0.3) is 5.91 Å². The first-order chi connectivity index (χ1) is 12.8. The Hall–Kier alpha value is -3.42. The number of aromatic nitrogens is 2. The van der Waals surface area contributed by atoms with Gasteiger partial charge in [0.05, 0.1) is 18.0 Å². The van der Waals surface area contributed by atoms with Crippen LogP contribution >= 0.6 is 0 Å². The Morgan fingerprint density at radius 3 is 2.26 bits per heavy atom. The van der Waals surface area contributed by atoms with Crippen molar-refractivity contribution in [3.63, 3.8) is 0 Å². The van der Waals surface area contributed by atoms with E-state index in [0.29, 0.717) is 17.2 Å². The van der Waals surface area contributed by atoms with Gasteiger partial charge in [-0.05, 0) is 42.8 Å². The summed E-state index contributed by atoms with van der Waals surface area (Å²) in [6.45, 7) is 1.87. The van der Waals surface area contributed by atoms with Gasteiger partial charge in [0.1, 0.15) is 11.5 Å². The maximum absolute atomic E-state index is 12.6. The van der Waals surface area contributed by atoms with Gasteiger partial charge in [0.2, 0.25) is 0 Å². The van der Waals surface area contributed by atoms with Crippen LogP contribution in [0.25, 0.3) is 0 Å². The molecule has 0 aliphatic heterocycles. The molecule has 1 heterocycles. The van der Waals surface area contributed by atoms with Crippen molar-refractivity contribution in [2.45, 2.75) is 13.1 Å². The van der Waals surface area contributed by atoms with Crippen LogP contribution in [-0.2, 0) is 6.18 Å². The Labute approximate surface area is 153 Å². The molecule has 3 aromatic rings. The van der Waals surface area contributed by atoms with Crippen LogP contribution in [0.4, 0.5) is 30.4 Å². The third-order valence-electron chi connectivity index (χ3n) is 3.76. The number of carbonyl (C=O) groups excluding carboxylic acids is 1. The lowest BCUT2D eigenvalue weighted by Gasteiger charge is -2.10. The highest BCUT2D eigenvalue weighted by Gasteiger charge is 2.29. The summed E-state index contributed by atoms with van der Waals surface area (Å²) in [5, 5.41) is 5.58. The first-order valence-electron chi connectivity index (χ1n) is 7.96. The molecule has 0 atom stereocenters. The van der Waals surface area contributed by atoms with Gasteiger partial charge in [-0.1, -0.05) is 18.2 Å². The number of nitrogens with one attached hydrogen (secondary N) is 2. The van der Waals surface area contributed by atoms with E-state index in [9.17, 15) is 18.0 Å². The normalized spacial score (nSPS) is 11.1. The Kier molecular flexibility index (Phi) is 5.07. The second-order valence-corrected chi connectivity index (χ2v) is 5.76. The highest BCUT2D eigenvalue weighted by molar-refractivity contribution is 6.03. The molecule has 0 bridgehead atoms. The number of nitrogens with zero attached hydrogens (tertiary/aromatic N) is 2. The smallest absolute Gasteiger partial charge is 0.339 e. The van der Waals surface area contributed by atoms with Crippen LogP contribution in [0.2, 0.25) is 0 Å². The van der Waals surface area contributed by atoms with Crippen LogP contribution in [0.3, 0.4) is 0 Å². The second-order valence-electron chi connectivity index (χ2n) is 5.76. The zero-order chi connectivity index (χ0) is 19.4. The van der Waals surface area contributed by atoms with E-state index in [-0.39, 0.29) is 5.69 Å². The minimum absolute atomic E-state index is 0.122. The van der Waals surface area contributed by atoms with E-state index >= 15 is 0 Å². The minimum Gasteiger partial charge on any atom is -0.339 e. The second kappa shape index (κ2) is 7.45. The zero-order valence-electron chi connectivity index (χ0n) is 14.2. The molecule has 27 heavy (non-hydrogen) atoms. The molecular weight excluding hydrogens is 357 g/mol. The maximum Gasteiger partial charge on any atom is 0.416 e. The summed E-state index contributed by atoms with van der Waals surface area (Å²) in [6.07, 6.45) is -1.76. The molecule has 0 aliphatic rings. The Balaban J connectivity index is 1.66. The molecule has 0 aliphatic carbocycles. The molecule has 2 N–H and O–H groups in total. The first kappa shape index (κ1) is 18.4. The van der Waals surface area contributed by atoms with Gasteiger partial charge in [0.15, 0.2) is 0 Å². The fourth-order valence-corrected chi connectivity index (χ4v) is 2.30. The van der Waals surface area contributed by atoms with E-state index in [0.717, 1.165) is 17.7 Å². The fraction of sp³-hybridized carbons (Fsp3) is 0.105. The van der Waals surface area contributed by atoms with Crippen molar-refractivity contribution in [1.82, 2.24) is 9.97 Å². The quantitative estimate of drug-likeness (QED) is 0.690. The van der Waals surface area contributed by atoms with Crippen LogP contribution in [0.5, 0.6) is 0 Å². The molecule has 138 valence electrons. The van der Waals surface area contributed by atoms with Crippen molar-refractivity contribution in [3.8, 4) is 0 Å². The number of halogens is 3. The van der Waals surface area contributed by atoms with E-state index < -0.39 is 17.6 Å². The van der Waals surface area contributed by atoms with Gasteiger partial charge in [0, 0.05) is 11.4 Å². The fourth-order valence-electron chi connectivity index (χ4n) is 2.30. The summed E-state index contributed by atoms with van der Waals surface area (Å²) in [7, 11) is 0. The lowest BCUT2D eigenvalue weighted by Crippen LogP contribution is -2.15. The Bertz CT molecular complexity index is 938. The van der Waals surface area contributed by atoms with E-state index in [1.54, 1.807) is 6.07 Å². The molecule has 2 aromatic carbocycles. The molecule has 5 nitrogen and oxygen atoms in total. The Morgan fingerprint density at radius 2 is 1.67 bits per heavy atom. The third-order valence-corrected chi connectivity index (χ3v) is 3.76. The summed E-state index contributed by atoms with van der Waals surface area (Å²) in [6, 6.07) is 11.9. The number of aryl methyl sites for hydroxylation is 1. The van der Waals surface area contributed by atoms with Crippen LogP contribution in [0.1, 0.15) is 21.6 Å². The van der Waals surface area contributed by atoms with Crippen molar-refractivity contribution in [1.29, 1.82) is 0 Å². The largest absolute Gasteiger partial charge is 0.416 e. The van der Waals surface area contributed by atoms with Crippen molar-refractivity contribution in [3.05, 3.63) is 77.7 Å². The lowest BCUT2D eigenvalue weighted by molar-refractivity contribution is -0.137.